The van der Waals surface area contributed by atoms with Crippen molar-refractivity contribution < 1.29 is 18.7 Å². The Kier molecular flexibility index (Phi) is 6.77. The Morgan fingerprint density at radius 3 is 2.70 bits per heavy atom. The second-order valence-corrected chi connectivity index (χ2v) is 8.31. The molecular weight excluding hydrogens is 401 g/mol. The average molecular weight is 426 g/mol. The van der Waals surface area contributed by atoms with Crippen LogP contribution in [0.1, 0.15) is 33.6 Å². The van der Waals surface area contributed by atoms with Gasteiger partial charge in [-0.3, -0.25) is 4.79 Å². The van der Waals surface area contributed by atoms with Gasteiger partial charge >= 0.3 is 0 Å². The van der Waals surface area contributed by atoms with Crippen molar-refractivity contribution in [3.8, 4) is 5.75 Å². The maximum atomic E-state index is 13.3. The number of amides is 1. The van der Waals surface area contributed by atoms with Gasteiger partial charge in [-0.2, -0.15) is 0 Å². The zero-order valence-electron chi connectivity index (χ0n) is 16.6. The summed E-state index contributed by atoms with van der Waals surface area (Å²) < 4.78 is 24.8. The third-order valence-electron chi connectivity index (χ3n) is 5.06. The van der Waals surface area contributed by atoms with Crippen molar-refractivity contribution in [1.29, 1.82) is 0 Å². The lowest BCUT2D eigenvalue weighted by Crippen LogP contribution is -2.36. The summed E-state index contributed by atoms with van der Waals surface area (Å²) in [5.41, 5.74) is 1.80. The molecule has 1 aliphatic rings. The van der Waals surface area contributed by atoms with E-state index in [1.165, 1.54) is 23.5 Å². The molecule has 1 aromatic heterocycles. The van der Waals surface area contributed by atoms with E-state index in [1.807, 2.05) is 52.7 Å². The first kappa shape index (κ1) is 20.6. The highest BCUT2D eigenvalue weighted by molar-refractivity contribution is 7.12. The largest absolute Gasteiger partial charge is 0.489 e. The smallest absolute Gasteiger partial charge is 0.264 e. The lowest BCUT2D eigenvalue weighted by molar-refractivity contribution is 0.0511. The van der Waals surface area contributed by atoms with E-state index >= 15 is 0 Å². The van der Waals surface area contributed by atoms with Crippen molar-refractivity contribution >= 4 is 17.2 Å². The van der Waals surface area contributed by atoms with Crippen LogP contribution in [0.2, 0.25) is 0 Å². The Morgan fingerprint density at radius 1 is 1.13 bits per heavy atom. The summed E-state index contributed by atoms with van der Waals surface area (Å²) in [5, 5.41) is 1.92. The van der Waals surface area contributed by atoms with Crippen LogP contribution in [0.15, 0.2) is 66.0 Å². The van der Waals surface area contributed by atoms with E-state index in [4.69, 9.17) is 9.47 Å². The molecule has 2 aromatic carbocycles. The van der Waals surface area contributed by atoms with Crippen LogP contribution in [0, 0.1) is 5.82 Å². The zero-order chi connectivity index (χ0) is 20.8. The summed E-state index contributed by atoms with van der Waals surface area (Å²) in [5.74, 6) is 0.471. The summed E-state index contributed by atoms with van der Waals surface area (Å²) in [4.78, 5) is 15.6. The van der Waals surface area contributed by atoms with E-state index in [0.29, 0.717) is 25.4 Å². The molecule has 156 valence electrons. The van der Waals surface area contributed by atoms with Gasteiger partial charge in [0.1, 0.15) is 18.2 Å². The number of hydrogen-bond donors (Lipinski definition) is 0. The molecule has 1 amide bonds. The van der Waals surface area contributed by atoms with Gasteiger partial charge in [-0.25, -0.2) is 4.39 Å². The molecule has 1 saturated heterocycles. The summed E-state index contributed by atoms with van der Waals surface area (Å²) in [6.45, 7) is 2.18. The molecule has 0 unspecified atom stereocenters. The van der Waals surface area contributed by atoms with Gasteiger partial charge in [-0.15, -0.1) is 11.3 Å². The standard InChI is InChI=1S/C24H24FNO3S/c25-20-5-1-4-19(14-20)17-29-21-10-8-18(9-11-21)15-26(16-22-6-2-12-28-22)24(27)23-7-3-13-30-23/h1,3-5,7-11,13-14,22H,2,6,12,15-17H2/t22-/m0/s1. The van der Waals surface area contributed by atoms with Crippen LogP contribution in [0.25, 0.3) is 0 Å². The number of hydrogen-bond acceptors (Lipinski definition) is 4. The molecule has 1 atom stereocenters. The highest BCUT2D eigenvalue weighted by Crippen LogP contribution is 2.21. The zero-order valence-corrected chi connectivity index (χ0v) is 17.4. The Hall–Kier alpha value is -2.70. The molecule has 30 heavy (non-hydrogen) atoms. The summed E-state index contributed by atoms with van der Waals surface area (Å²) >= 11 is 1.46. The predicted octanol–water partition coefficient (Wildman–Crippen LogP) is 5.29. The van der Waals surface area contributed by atoms with E-state index in [-0.39, 0.29) is 17.8 Å². The quantitative estimate of drug-likeness (QED) is 0.492. The number of carbonyl (C=O) groups excluding carboxylic acids is 1. The Morgan fingerprint density at radius 2 is 2.00 bits per heavy atom. The number of ether oxygens (including phenoxy) is 2. The van der Waals surface area contributed by atoms with Crippen molar-refractivity contribution in [2.45, 2.75) is 32.1 Å². The maximum Gasteiger partial charge on any atom is 0.264 e. The highest BCUT2D eigenvalue weighted by atomic mass is 32.1. The third-order valence-corrected chi connectivity index (χ3v) is 5.92. The number of rotatable bonds is 8. The molecular formula is C24H24FNO3S. The lowest BCUT2D eigenvalue weighted by atomic mass is 10.1. The van der Waals surface area contributed by atoms with Crippen LogP contribution in [-0.4, -0.2) is 30.1 Å². The van der Waals surface area contributed by atoms with Gasteiger partial charge in [-0.05, 0) is 59.7 Å². The van der Waals surface area contributed by atoms with Gasteiger partial charge in [-0.1, -0.05) is 30.3 Å². The first-order chi connectivity index (χ1) is 14.7. The third kappa shape index (κ3) is 5.46. The van der Waals surface area contributed by atoms with E-state index in [0.717, 1.165) is 35.5 Å². The van der Waals surface area contributed by atoms with Gasteiger partial charge in [0.15, 0.2) is 0 Å². The van der Waals surface area contributed by atoms with Crippen molar-refractivity contribution in [3.63, 3.8) is 0 Å². The normalized spacial score (nSPS) is 15.8. The number of thiophene rings is 1. The molecule has 0 radical (unpaired) electrons. The minimum absolute atomic E-state index is 0.0342. The number of nitrogens with zero attached hydrogens (tertiary/aromatic N) is 1. The summed E-state index contributed by atoms with van der Waals surface area (Å²) in [6.07, 6.45) is 2.13. The molecule has 0 saturated carbocycles. The number of carbonyl (C=O) groups is 1. The van der Waals surface area contributed by atoms with Gasteiger partial charge < -0.3 is 14.4 Å². The van der Waals surface area contributed by atoms with Crippen LogP contribution < -0.4 is 4.74 Å². The molecule has 1 fully saturated rings. The van der Waals surface area contributed by atoms with E-state index in [2.05, 4.69) is 0 Å². The topological polar surface area (TPSA) is 38.8 Å². The second kappa shape index (κ2) is 9.87. The first-order valence-corrected chi connectivity index (χ1v) is 11.0. The Labute approximate surface area is 179 Å². The molecule has 3 aromatic rings. The molecule has 1 aliphatic heterocycles. The second-order valence-electron chi connectivity index (χ2n) is 7.36. The summed E-state index contributed by atoms with van der Waals surface area (Å²) in [6, 6.07) is 17.8. The van der Waals surface area contributed by atoms with Gasteiger partial charge in [0.05, 0.1) is 11.0 Å². The lowest BCUT2D eigenvalue weighted by Gasteiger charge is -2.25. The summed E-state index contributed by atoms with van der Waals surface area (Å²) in [7, 11) is 0. The molecule has 0 bridgehead atoms. The Bertz CT molecular complexity index is 953. The maximum absolute atomic E-state index is 13.3. The fraction of sp³-hybridized carbons (Fsp3) is 0.292. The van der Waals surface area contributed by atoms with Crippen molar-refractivity contribution in [2.75, 3.05) is 13.2 Å². The van der Waals surface area contributed by atoms with Gasteiger partial charge in [0, 0.05) is 19.7 Å². The Balaban J connectivity index is 1.40. The first-order valence-electron chi connectivity index (χ1n) is 10.1. The SMILES string of the molecule is O=C(c1cccs1)N(Cc1ccc(OCc2cccc(F)c2)cc1)C[C@@H]1CCCO1. The predicted molar refractivity (Wildman–Crippen MR) is 115 cm³/mol. The molecule has 4 rings (SSSR count). The molecule has 0 N–H and O–H groups in total. The van der Waals surface area contributed by atoms with Crippen LogP contribution in [0.3, 0.4) is 0 Å². The van der Waals surface area contributed by atoms with Crippen LogP contribution in [0.5, 0.6) is 5.75 Å². The monoisotopic (exact) mass is 425 g/mol. The number of benzene rings is 2. The van der Waals surface area contributed by atoms with Crippen molar-refractivity contribution in [2.24, 2.45) is 0 Å². The fourth-order valence-electron chi connectivity index (χ4n) is 3.51. The van der Waals surface area contributed by atoms with E-state index < -0.39 is 0 Å². The van der Waals surface area contributed by atoms with E-state index in [9.17, 15) is 9.18 Å². The molecule has 0 aliphatic carbocycles. The highest BCUT2D eigenvalue weighted by Gasteiger charge is 2.24. The molecule has 4 nitrogen and oxygen atoms in total. The minimum atomic E-state index is -0.270. The van der Waals surface area contributed by atoms with Crippen LogP contribution in [0.4, 0.5) is 4.39 Å². The molecule has 0 spiro atoms. The van der Waals surface area contributed by atoms with Gasteiger partial charge in [0.25, 0.3) is 5.91 Å². The molecule has 2 heterocycles. The van der Waals surface area contributed by atoms with Crippen molar-refractivity contribution in [1.82, 2.24) is 4.90 Å². The van der Waals surface area contributed by atoms with Crippen molar-refractivity contribution in [3.05, 3.63) is 87.9 Å². The van der Waals surface area contributed by atoms with Gasteiger partial charge in [0.2, 0.25) is 0 Å². The fourth-order valence-corrected chi connectivity index (χ4v) is 4.21. The van der Waals surface area contributed by atoms with Crippen LogP contribution in [-0.2, 0) is 17.9 Å². The number of halogens is 1. The van der Waals surface area contributed by atoms with E-state index in [1.54, 1.807) is 6.07 Å². The minimum Gasteiger partial charge on any atom is -0.489 e. The van der Waals surface area contributed by atoms with Crippen LogP contribution >= 0.6 is 11.3 Å². The molecule has 6 heteroatoms. The average Bonchev–Trinajstić information content (AvgIpc) is 3.47.